The smallest absolute Gasteiger partial charge is 0.0749 e. The molecule has 0 heterocycles. The first-order valence-corrected chi connectivity index (χ1v) is 5.98. The summed E-state index contributed by atoms with van der Waals surface area (Å²) in [5, 5.41) is 10.3. The number of hydrogen-bond acceptors (Lipinski definition) is 3. The van der Waals surface area contributed by atoms with Crippen LogP contribution in [0.1, 0.15) is 34.1 Å². The van der Waals surface area contributed by atoms with Gasteiger partial charge in [-0.05, 0) is 25.0 Å². The van der Waals surface area contributed by atoms with Gasteiger partial charge < -0.3 is 10.8 Å². The molecule has 0 aliphatic rings. The van der Waals surface area contributed by atoms with Crippen LogP contribution in [0.4, 0.5) is 0 Å². The van der Waals surface area contributed by atoms with Crippen LogP contribution in [0.25, 0.3) is 0 Å². The van der Waals surface area contributed by atoms with E-state index in [0.29, 0.717) is 17.7 Å². The van der Waals surface area contributed by atoms with Crippen molar-refractivity contribution in [2.45, 2.75) is 45.0 Å². The van der Waals surface area contributed by atoms with E-state index < -0.39 is 5.60 Å². The molecule has 0 spiro atoms. The molecule has 0 rings (SSSR count). The highest BCUT2D eigenvalue weighted by Crippen LogP contribution is 2.21. The van der Waals surface area contributed by atoms with Gasteiger partial charge in [0.15, 0.2) is 0 Å². The minimum atomic E-state index is -0.677. The zero-order valence-corrected chi connectivity index (χ0v) is 10.0. The molecule has 0 aromatic rings. The van der Waals surface area contributed by atoms with Gasteiger partial charge in [-0.3, -0.25) is 0 Å². The van der Waals surface area contributed by atoms with Crippen molar-refractivity contribution in [1.82, 2.24) is 0 Å². The third kappa shape index (κ3) is 6.36. The van der Waals surface area contributed by atoms with E-state index in [1.807, 2.05) is 11.8 Å². The van der Waals surface area contributed by atoms with Gasteiger partial charge in [0.05, 0.1) is 5.60 Å². The van der Waals surface area contributed by atoms with E-state index in [2.05, 4.69) is 20.8 Å². The molecule has 3 N–H and O–H groups in total. The molecule has 0 radical (unpaired) electrons. The molecule has 13 heavy (non-hydrogen) atoms. The van der Waals surface area contributed by atoms with Crippen molar-refractivity contribution in [3.05, 3.63) is 0 Å². The molecule has 0 fully saturated rings. The largest absolute Gasteiger partial charge is 0.389 e. The molecular weight excluding hydrogens is 182 g/mol. The summed E-state index contributed by atoms with van der Waals surface area (Å²) >= 11 is 1.91. The summed E-state index contributed by atoms with van der Waals surface area (Å²) < 4.78 is 0. The predicted molar refractivity (Wildman–Crippen MR) is 61.1 cm³/mol. The van der Waals surface area contributed by atoms with Crippen molar-refractivity contribution in [2.75, 3.05) is 12.3 Å². The maximum Gasteiger partial charge on any atom is 0.0749 e. The fraction of sp³-hybridized carbons (Fsp3) is 1.00. The van der Waals surface area contributed by atoms with Crippen LogP contribution in [0, 0.1) is 5.92 Å². The van der Waals surface area contributed by atoms with Crippen molar-refractivity contribution in [2.24, 2.45) is 11.7 Å². The zero-order valence-electron chi connectivity index (χ0n) is 9.21. The van der Waals surface area contributed by atoms with E-state index in [-0.39, 0.29) is 0 Å². The molecule has 0 amide bonds. The lowest BCUT2D eigenvalue weighted by Crippen LogP contribution is -2.34. The highest BCUT2D eigenvalue weighted by molar-refractivity contribution is 7.99. The highest BCUT2D eigenvalue weighted by Gasteiger charge is 2.18. The van der Waals surface area contributed by atoms with Crippen molar-refractivity contribution in [3.63, 3.8) is 0 Å². The van der Waals surface area contributed by atoms with Gasteiger partial charge in [0.25, 0.3) is 0 Å². The molecule has 2 nitrogen and oxygen atoms in total. The van der Waals surface area contributed by atoms with Crippen molar-refractivity contribution < 1.29 is 5.11 Å². The monoisotopic (exact) mass is 205 g/mol. The van der Waals surface area contributed by atoms with Gasteiger partial charge in [-0.2, -0.15) is 11.8 Å². The SMILES string of the molecule is CC(C)C(C)SCCC(C)(O)CN. The lowest BCUT2D eigenvalue weighted by Gasteiger charge is -2.22. The Morgan fingerprint density at radius 3 is 2.31 bits per heavy atom. The Labute approximate surface area is 86.3 Å². The quantitative estimate of drug-likeness (QED) is 0.696. The molecule has 0 aromatic carbocycles. The Morgan fingerprint density at radius 1 is 1.38 bits per heavy atom. The van der Waals surface area contributed by atoms with Crippen LogP contribution in [0.5, 0.6) is 0 Å². The summed E-state index contributed by atoms with van der Waals surface area (Å²) in [5.41, 5.74) is 4.75. The van der Waals surface area contributed by atoms with Crippen molar-refractivity contribution in [3.8, 4) is 0 Å². The minimum Gasteiger partial charge on any atom is -0.389 e. The second-order valence-electron chi connectivity index (χ2n) is 4.27. The second-order valence-corrected chi connectivity index (χ2v) is 5.76. The van der Waals surface area contributed by atoms with Crippen LogP contribution in [-0.2, 0) is 0 Å². The third-order valence-electron chi connectivity index (χ3n) is 2.40. The van der Waals surface area contributed by atoms with Crippen LogP contribution < -0.4 is 5.73 Å². The average molecular weight is 205 g/mol. The Bertz CT molecular complexity index is 137. The molecular formula is C10H23NOS. The van der Waals surface area contributed by atoms with Crippen molar-refractivity contribution in [1.29, 1.82) is 0 Å². The molecule has 0 saturated heterocycles. The summed E-state index contributed by atoms with van der Waals surface area (Å²) in [6, 6.07) is 0. The van der Waals surface area contributed by atoms with E-state index in [4.69, 9.17) is 5.73 Å². The maximum absolute atomic E-state index is 9.64. The maximum atomic E-state index is 9.64. The van der Waals surface area contributed by atoms with Crippen LogP contribution in [0.2, 0.25) is 0 Å². The van der Waals surface area contributed by atoms with Gasteiger partial charge in [0.2, 0.25) is 0 Å². The van der Waals surface area contributed by atoms with Gasteiger partial charge >= 0.3 is 0 Å². The first-order chi connectivity index (χ1) is 5.89. The Balaban J connectivity index is 3.56. The first-order valence-electron chi connectivity index (χ1n) is 4.93. The van der Waals surface area contributed by atoms with E-state index in [1.165, 1.54) is 0 Å². The standard InChI is InChI=1S/C10H23NOS/c1-8(2)9(3)13-6-5-10(4,12)7-11/h8-9,12H,5-7,11H2,1-4H3. The number of rotatable bonds is 6. The van der Waals surface area contributed by atoms with Crippen molar-refractivity contribution >= 4 is 11.8 Å². The van der Waals surface area contributed by atoms with Gasteiger partial charge in [-0.25, -0.2) is 0 Å². The highest BCUT2D eigenvalue weighted by atomic mass is 32.2. The molecule has 2 atom stereocenters. The molecule has 0 aliphatic carbocycles. The van der Waals surface area contributed by atoms with Crippen LogP contribution in [0.3, 0.4) is 0 Å². The van der Waals surface area contributed by atoms with Crippen LogP contribution in [-0.4, -0.2) is 28.3 Å². The van der Waals surface area contributed by atoms with E-state index in [9.17, 15) is 5.11 Å². The van der Waals surface area contributed by atoms with E-state index >= 15 is 0 Å². The van der Waals surface area contributed by atoms with Gasteiger partial charge in [-0.15, -0.1) is 0 Å². The molecule has 0 saturated carbocycles. The summed E-state index contributed by atoms with van der Waals surface area (Å²) in [6.45, 7) is 8.82. The Kier molecular flexibility index (Phi) is 6.01. The predicted octanol–water partition coefficient (Wildman–Crippen LogP) is 1.86. The summed E-state index contributed by atoms with van der Waals surface area (Å²) in [4.78, 5) is 0. The number of aliphatic hydroxyl groups is 1. The third-order valence-corrected chi connectivity index (χ3v) is 3.91. The summed E-state index contributed by atoms with van der Waals surface area (Å²) in [7, 11) is 0. The minimum absolute atomic E-state index is 0.351. The Morgan fingerprint density at radius 2 is 1.92 bits per heavy atom. The second kappa shape index (κ2) is 5.89. The average Bonchev–Trinajstić information content (AvgIpc) is 2.04. The van der Waals surface area contributed by atoms with Gasteiger partial charge in [0.1, 0.15) is 0 Å². The summed E-state index contributed by atoms with van der Waals surface area (Å²) in [5.74, 6) is 1.69. The fourth-order valence-corrected chi connectivity index (χ4v) is 2.07. The molecule has 3 heteroatoms. The van der Waals surface area contributed by atoms with E-state index in [0.717, 1.165) is 12.2 Å². The normalized spacial score (nSPS) is 18.7. The molecule has 2 unspecified atom stereocenters. The number of nitrogens with two attached hydrogens (primary N) is 1. The zero-order chi connectivity index (χ0) is 10.5. The number of thioether (sulfide) groups is 1. The topological polar surface area (TPSA) is 46.2 Å². The van der Waals surface area contributed by atoms with Crippen LogP contribution >= 0.6 is 11.8 Å². The van der Waals surface area contributed by atoms with Gasteiger partial charge in [0, 0.05) is 11.8 Å². The lowest BCUT2D eigenvalue weighted by molar-refractivity contribution is 0.0665. The molecule has 0 aliphatic heterocycles. The molecule has 0 bridgehead atoms. The summed E-state index contributed by atoms with van der Waals surface area (Å²) in [6.07, 6.45) is 0.783. The number of hydrogen-bond donors (Lipinski definition) is 2. The van der Waals surface area contributed by atoms with E-state index in [1.54, 1.807) is 6.92 Å². The fourth-order valence-electron chi connectivity index (χ4n) is 0.759. The Hall–Kier alpha value is 0.270. The first kappa shape index (κ1) is 13.3. The molecule has 80 valence electrons. The van der Waals surface area contributed by atoms with Gasteiger partial charge in [-0.1, -0.05) is 20.8 Å². The molecule has 0 aromatic heterocycles. The lowest BCUT2D eigenvalue weighted by atomic mass is 10.1. The van der Waals surface area contributed by atoms with Crippen LogP contribution in [0.15, 0.2) is 0 Å².